The smallest absolute Gasteiger partial charge is 0.250 e. The molecular formula is C24H28N4O4. The Labute approximate surface area is 187 Å². The van der Waals surface area contributed by atoms with E-state index >= 15 is 0 Å². The van der Waals surface area contributed by atoms with Crippen LogP contribution in [0.3, 0.4) is 0 Å². The van der Waals surface area contributed by atoms with Crippen molar-refractivity contribution in [1.82, 2.24) is 4.90 Å². The first-order chi connectivity index (χ1) is 15.4. The number of likely N-dealkylation sites (N-methyl/N-ethyl adjacent to an activating group) is 1. The van der Waals surface area contributed by atoms with E-state index in [2.05, 4.69) is 10.6 Å². The minimum Gasteiger partial charge on any atom is -0.497 e. The van der Waals surface area contributed by atoms with Crippen LogP contribution in [0.1, 0.15) is 25.7 Å². The normalized spacial score (nSPS) is 16.6. The van der Waals surface area contributed by atoms with E-state index in [9.17, 15) is 14.4 Å². The van der Waals surface area contributed by atoms with Crippen LogP contribution in [0, 0.1) is 0 Å². The van der Waals surface area contributed by atoms with Crippen molar-refractivity contribution < 1.29 is 19.1 Å². The predicted octanol–water partition coefficient (Wildman–Crippen LogP) is 2.86. The van der Waals surface area contributed by atoms with Gasteiger partial charge in [-0.25, -0.2) is 0 Å². The Morgan fingerprint density at radius 3 is 2.62 bits per heavy atom. The Morgan fingerprint density at radius 1 is 1.12 bits per heavy atom. The Kier molecular flexibility index (Phi) is 6.14. The van der Waals surface area contributed by atoms with Crippen LogP contribution >= 0.6 is 0 Å². The summed E-state index contributed by atoms with van der Waals surface area (Å²) in [5.74, 6) is 0.0995. The van der Waals surface area contributed by atoms with Gasteiger partial charge in [-0.1, -0.05) is 31.0 Å². The number of methoxy groups -OCH3 is 1. The van der Waals surface area contributed by atoms with Crippen molar-refractivity contribution in [2.45, 2.75) is 31.2 Å². The molecule has 0 saturated heterocycles. The van der Waals surface area contributed by atoms with Crippen molar-refractivity contribution in [3.63, 3.8) is 0 Å². The molecule has 0 radical (unpaired) electrons. The second-order valence-corrected chi connectivity index (χ2v) is 8.39. The quantitative estimate of drug-likeness (QED) is 0.727. The average Bonchev–Trinajstić information content (AvgIpc) is 3.24. The number of nitrogens with one attached hydrogen (secondary N) is 2. The highest BCUT2D eigenvalue weighted by atomic mass is 16.5. The van der Waals surface area contributed by atoms with E-state index in [1.807, 2.05) is 18.2 Å². The summed E-state index contributed by atoms with van der Waals surface area (Å²) in [6, 6.07) is 14.5. The fourth-order valence-electron chi connectivity index (χ4n) is 4.63. The second kappa shape index (κ2) is 9.00. The molecule has 8 nitrogen and oxygen atoms in total. The minimum absolute atomic E-state index is 0.0227. The molecule has 1 spiro atoms. The SMILES string of the molecule is COc1cccc(NC(=O)CN(C)CC(=O)N2c3ccccc3NC(=O)C23CCCC3)c1. The highest BCUT2D eigenvalue weighted by Crippen LogP contribution is 2.45. The van der Waals surface area contributed by atoms with E-state index < -0.39 is 5.54 Å². The van der Waals surface area contributed by atoms with Crippen LogP contribution < -0.4 is 20.3 Å². The molecule has 2 aromatic rings. The Bertz CT molecular complexity index is 1030. The zero-order chi connectivity index (χ0) is 22.7. The van der Waals surface area contributed by atoms with Crippen LogP contribution in [0.4, 0.5) is 17.1 Å². The molecule has 1 heterocycles. The summed E-state index contributed by atoms with van der Waals surface area (Å²) in [5, 5.41) is 5.80. The zero-order valence-corrected chi connectivity index (χ0v) is 18.4. The van der Waals surface area contributed by atoms with Crippen LogP contribution in [0.15, 0.2) is 48.5 Å². The van der Waals surface area contributed by atoms with Crippen molar-refractivity contribution in [3.05, 3.63) is 48.5 Å². The van der Waals surface area contributed by atoms with E-state index in [1.165, 1.54) is 0 Å². The van der Waals surface area contributed by atoms with Gasteiger partial charge in [0.25, 0.3) is 5.91 Å². The van der Waals surface area contributed by atoms with Crippen molar-refractivity contribution in [2.24, 2.45) is 0 Å². The lowest BCUT2D eigenvalue weighted by molar-refractivity contribution is -0.128. The number of hydrogen-bond donors (Lipinski definition) is 2. The molecule has 1 aliphatic carbocycles. The Balaban J connectivity index is 1.47. The van der Waals surface area contributed by atoms with Gasteiger partial charge in [0, 0.05) is 11.8 Å². The molecule has 2 aromatic carbocycles. The van der Waals surface area contributed by atoms with Crippen molar-refractivity contribution in [2.75, 3.05) is 42.8 Å². The molecule has 2 aliphatic rings. The van der Waals surface area contributed by atoms with Crippen LogP contribution in [-0.4, -0.2) is 55.4 Å². The first-order valence-corrected chi connectivity index (χ1v) is 10.8. The molecule has 0 bridgehead atoms. The van der Waals surface area contributed by atoms with Gasteiger partial charge >= 0.3 is 0 Å². The third-order valence-corrected chi connectivity index (χ3v) is 6.10. The topological polar surface area (TPSA) is 91.0 Å². The highest BCUT2D eigenvalue weighted by molar-refractivity contribution is 6.15. The Hall–Kier alpha value is -3.39. The van der Waals surface area contributed by atoms with Crippen molar-refractivity contribution in [1.29, 1.82) is 0 Å². The first-order valence-electron chi connectivity index (χ1n) is 10.8. The summed E-state index contributed by atoms with van der Waals surface area (Å²) in [7, 11) is 3.29. The maximum atomic E-state index is 13.5. The largest absolute Gasteiger partial charge is 0.497 e. The molecule has 1 saturated carbocycles. The molecular weight excluding hydrogens is 408 g/mol. The van der Waals surface area contributed by atoms with Crippen LogP contribution in [0.2, 0.25) is 0 Å². The maximum absolute atomic E-state index is 13.5. The molecule has 0 unspecified atom stereocenters. The highest BCUT2D eigenvalue weighted by Gasteiger charge is 2.52. The number of amides is 3. The summed E-state index contributed by atoms with van der Waals surface area (Å²) >= 11 is 0. The van der Waals surface area contributed by atoms with Gasteiger partial charge in [-0.3, -0.25) is 24.2 Å². The standard InChI is InChI=1S/C24H28N4O4/c1-27(15-21(29)25-17-8-7-9-18(14-17)32-2)16-22(30)28-20-11-4-3-10-19(20)26-23(31)24(28)12-5-6-13-24/h3-4,7-11,14H,5-6,12-13,15-16H2,1-2H3,(H,25,29)(H,26,31). The number of ether oxygens (including phenoxy) is 1. The van der Waals surface area contributed by atoms with Gasteiger partial charge in [0.1, 0.15) is 11.3 Å². The van der Waals surface area contributed by atoms with Crippen molar-refractivity contribution in [3.8, 4) is 5.75 Å². The Morgan fingerprint density at radius 2 is 1.88 bits per heavy atom. The van der Waals surface area contributed by atoms with Gasteiger partial charge in [-0.2, -0.15) is 0 Å². The molecule has 2 N–H and O–H groups in total. The predicted molar refractivity (Wildman–Crippen MR) is 123 cm³/mol. The number of nitrogens with zero attached hydrogens (tertiary/aromatic N) is 2. The lowest BCUT2D eigenvalue weighted by atomic mass is 9.89. The van der Waals surface area contributed by atoms with Gasteiger partial charge in [0.05, 0.1) is 31.6 Å². The maximum Gasteiger partial charge on any atom is 0.250 e. The van der Waals surface area contributed by atoms with E-state index in [0.29, 0.717) is 35.7 Å². The first kappa shape index (κ1) is 21.8. The van der Waals surface area contributed by atoms with E-state index in [4.69, 9.17) is 4.74 Å². The van der Waals surface area contributed by atoms with Crippen molar-refractivity contribution >= 4 is 34.8 Å². The number of hydrogen-bond acceptors (Lipinski definition) is 5. The lowest BCUT2D eigenvalue weighted by Gasteiger charge is -2.44. The molecule has 0 atom stereocenters. The summed E-state index contributed by atoms with van der Waals surface area (Å²) in [5.41, 5.74) is 1.13. The fraction of sp³-hybridized carbons (Fsp3) is 0.375. The van der Waals surface area contributed by atoms with Crippen LogP contribution in [-0.2, 0) is 14.4 Å². The van der Waals surface area contributed by atoms with Gasteiger partial charge in [0.15, 0.2) is 0 Å². The molecule has 8 heteroatoms. The monoisotopic (exact) mass is 436 g/mol. The van der Waals surface area contributed by atoms with Gasteiger partial charge in [-0.15, -0.1) is 0 Å². The van der Waals surface area contributed by atoms with Crippen LogP contribution in [0.25, 0.3) is 0 Å². The summed E-state index contributed by atoms with van der Waals surface area (Å²) in [6.07, 6.45) is 3.08. The molecule has 0 aromatic heterocycles. The van der Waals surface area contributed by atoms with E-state index in [-0.39, 0.29) is 30.8 Å². The zero-order valence-electron chi connectivity index (χ0n) is 18.4. The average molecular weight is 437 g/mol. The molecule has 32 heavy (non-hydrogen) atoms. The van der Waals surface area contributed by atoms with Gasteiger partial charge in [0.2, 0.25) is 11.8 Å². The number of rotatable bonds is 6. The molecule has 4 rings (SSSR count). The lowest BCUT2D eigenvalue weighted by Crippen LogP contribution is -2.62. The number of benzene rings is 2. The number of para-hydroxylation sites is 2. The second-order valence-electron chi connectivity index (χ2n) is 8.39. The minimum atomic E-state index is -0.852. The third kappa shape index (κ3) is 4.18. The number of carbonyl (C=O) groups excluding carboxylic acids is 3. The summed E-state index contributed by atoms with van der Waals surface area (Å²) < 4.78 is 5.18. The molecule has 3 amide bonds. The molecule has 168 valence electrons. The number of carbonyl (C=O) groups is 3. The van der Waals surface area contributed by atoms with E-state index in [0.717, 1.165) is 12.8 Å². The summed E-state index contributed by atoms with van der Waals surface area (Å²) in [6.45, 7) is 0.0620. The number of anilines is 3. The fourth-order valence-corrected chi connectivity index (χ4v) is 4.63. The molecule has 1 aliphatic heterocycles. The van der Waals surface area contributed by atoms with Gasteiger partial charge < -0.3 is 15.4 Å². The van der Waals surface area contributed by atoms with E-state index in [1.54, 1.807) is 54.3 Å². The molecule has 1 fully saturated rings. The summed E-state index contributed by atoms with van der Waals surface area (Å²) in [4.78, 5) is 42.3. The number of fused-ring (bicyclic) bond motifs is 1. The van der Waals surface area contributed by atoms with Crippen LogP contribution in [0.5, 0.6) is 5.75 Å². The van der Waals surface area contributed by atoms with Gasteiger partial charge in [-0.05, 0) is 44.2 Å². The third-order valence-electron chi connectivity index (χ3n) is 6.10.